The molecule has 18 heavy (non-hydrogen) atoms. The summed E-state index contributed by atoms with van der Waals surface area (Å²) in [4.78, 5) is 36.4. The third-order valence-corrected chi connectivity index (χ3v) is 2.80. The summed E-state index contributed by atoms with van der Waals surface area (Å²) in [5.41, 5.74) is 0. The average molecular weight is 257 g/mol. The Labute approximate surface area is 106 Å². The van der Waals surface area contributed by atoms with Crippen molar-refractivity contribution in [3.8, 4) is 0 Å². The van der Waals surface area contributed by atoms with E-state index in [9.17, 15) is 14.4 Å². The van der Waals surface area contributed by atoms with E-state index in [1.165, 1.54) is 4.90 Å². The van der Waals surface area contributed by atoms with Crippen LogP contribution in [0.1, 0.15) is 26.7 Å². The molecule has 0 aromatic rings. The molecule has 0 radical (unpaired) electrons. The summed E-state index contributed by atoms with van der Waals surface area (Å²) >= 11 is 0. The van der Waals surface area contributed by atoms with Gasteiger partial charge in [0.25, 0.3) is 0 Å². The fourth-order valence-corrected chi connectivity index (χ4v) is 1.87. The van der Waals surface area contributed by atoms with Crippen molar-refractivity contribution in [3.63, 3.8) is 0 Å². The second-order valence-corrected chi connectivity index (χ2v) is 4.00. The summed E-state index contributed by atoms with van der Waals surface area (Å²) in [6, 6.07) is 0. The maximum Gasteiger partial charge on any atom is 0.409 e. The zero-order valence-corrected chi connectivity index (χ0v) is 10.8. The smallest absolute Gasteiger partial charge is 0.409 e. The van der Waals surface area contributed by atoms with Crippen molar-refractivity contribution in [2.45, 2.75) is 26.7 Å². The third kappa shape index (κ3) is 3.72. The molecular formula is C12H19NO5. The van der Waals surface area contributed by atoms with E-state index in [1.807, 2.05) is 0 Å². The molecular weight excluding hydrogens is 238 g/mol. The van der Waals surface area contributed by atoms with E-state index in [0.29, 0.717) is 26.1 Å². The van der Waals surface area contributed by atoms with Gasteiger partial charge in [0, 0.05) is 19.5 Å². The molecule has 0 aliphatic carbocycles. The largest absolute Gasteiger partial charge is 0.465 e. The Balaban J connectivity index is 2.60. The zero-order valence-electron chi connectivity index (χ0n) is 10.8. The fourth-order valence-electron chi connectivity index (χ4n) is 1.87. The zero-order chi connectivity index (χ0) is 13.5. The molecule has 1 rings (SSSR count). The molecule has 0 unspecified atom stereocenters. The lowest BCUT2D eigenvalue weighted by Crippen LogP contribution is -2.32. The molecule has 0 saturated carbocycles. The summed E-state index contributed by atoms with van der Waals surface area (Å²) in [6.07, 6.45) is 0.0356. The van der Waals surface area contributed by atoms with Gasteiger partial charge in [-0.2, -0.15) is 0 Å². The van der Waals surface area contributed by atoms with Crippen molar-refractivity contribution in [3.05, 3.63) is 0 Å². The van der Waals surface area contributed by atoms with Gasteiger partial charge in [0.15, 0.2) is 0 Å². The van der Waals surface area contributed by atoms with E-state index < -0.39 is 18.0 Å². The Bertz CT molecular complexity index is 328. The van der Waals surface area contributed by atoms with E-state index >= 15 is 0 Å². The minimum absolute atomic E-state index is 0.166. The van der Waals surface area contributed by atoms with E-state index in [-0.39, 0.29) is 18.8 Å². The molecule has 6 heteroatoms. The number of ether oxygens (including phenoxy) is 2. The molecule has 1 heterocycles. The Hall–Kier alpha value is -1.59. The SMILES string of the molecule is CCOC(=O)[C@@H]1CCN(C(=O)OCC)CCC1=O. The highest BCUT2D eigenvalue weighted by Gasteiger charge is 2.32. The van der Waals surface area contributed by atoms with E-state index in [1.54, 1.807) is 13.8 Å². The maximum absolute atomic E-state index is 11.8. The first-order valence-corrected chi connectivity index (χ1v) is 6.21. The number of Topliss-reactive ketones (excluding diaryl/α,β-unsaturated/α-hetero) is 1. The minimum atomic E-state index is -0.746. The number of rotatable bonds is 3. The van der Waals surface area contributed by atoms with Crippen molar-refractivity contribution in [2.75, 3.05) is 26.3 Å². The summed E-state index contributed by atoms with van der Waals surface area (Å²) in [5, 5.41) is 0. The lowest BCUT2D eigenvalue weighted by Gasteiger charge is -2.18. The molecule has 1 fully saturated rings. The van der Waals surface area contributed by atoms with Gasteiger partial charge in [-0.25, -0.2) is 4.79 Å². The van der Waals surface area contributed by atoms with Gasteiger partial charge in [-0.05, 0) is 20.3 Å². The monoisotopic (exact) mass is 257 g/mol. The van der Waals surface area contributed by atoms with Crippen LogP contribution in [0.5, 0.6) is 0 Å². The number of carbonyl (C=O) groups is 3. The van der Waals surface area contributed by atoms with Crippen molar-refractivity contribution in [1.82, 2.24) is 4.90 Å². The van der Waals surface area contributed by atoms with Crippen LogP contribution in [-0.2, 0) is 19.1 Å². The predicted octanol–water partition coefficient (Wildman–Crippen LogP) is 0.987. The molecule has 0 aromatic carbocycles. The van der Waals surface area contributed by atoms with Gasteiger partial charge in [0.1, 0.15) is 11.7 Å². The molecule has 1 aliphatic rings. The molecule has 1 aliphatic heterocycles. The first-order chi connectivity index (χ1) is 8.60. The second kappa shape index (κ2) is 6.98. The normalized spacial score (nSPS) is 20.2. The van der Waals surface area contributed by atoms with Gasteiger partial charge in [-0.15, -0.1) is 0 Å². The molecule has 0 bridgehead atoms. The predicted molar refractivity (Wildman–Crippen MR) is 63.0 cm³/mol. The van der Waals surface area contributed by atoms with Gasteiger partial charge < -0.3 is 14.4 Å². The number of esters is 1. The molecule has 6 nitrogen and oxygen atoms in total. The van der Waals surface area contributed by atoms with E-state index in [0.717, 1.165) is 0 Å². The van der Waals surface area contributed by atoms with Gasteiger partial charge in [-0.1, -0.05) is 0 Å². The molecule has 1 atom stereocenters. The van der Waals surface area contributed by atoms with Gasteiger partial charge in [0.2, 0.25) is 0 Å². The van der Waals surface area contributed by atoms with E-state index in [2.05, 4.69) is 0 Å². The summed E-state index contributed by atoms with van der Waals surface area (Å²) < 4.78 is 9.73. The highest BCUT2D eigenvalue weighted by Crippen LogP contribution is 2.16. The maximum atomic E-state index is 11.8. The molecule has 1 amide bonds. The van der Waals surface area contributed by atoms with Gasteiger partial charge in [-0.3, -0.25) is 9.59 Å². The number of carbonyl (C=O) groups excluding carboxylic acids is 3. The standard InChI is InChI=1S/C12H19NO5/c1-3-17-11(15)9-5-7-13(8-6-10(9)14)12(16)18-4-2/h9H,3-8H2,1-2H3/t9-/m1/s1. The lowest BCUT2D eigenvalue weighted by molar-refractivity contribution is -0.151. The van der Waals surface area contributed by atoms with Crippen molar-refractivity contribution < 1.29 is 23.9 Å². The van der Waals surface area contributed by atoms with Crippen LogP contribution in [0.4, 0.5) is 4.79 Å². The first kappa shape index (κ1) is 14.5. The molecule has 0 spiro atoms. The quantitative estimate of drug-likeness (QED) is 0.557. The minimum Gasteiger partial charge on any atom is -0.465 e. The number of nitrogens with zero attached hydrogens (tertiary/aromatic N) is 1. The Kier molecular flexibility index (Phi) is 5.61. The van der Waals surface area contributed by atoms with Crippen molar-refractivity contribution in [2.24, 2.45) is 5.92 Å². The highest BCUT2D eigenvalue weighted by molar-refractivity contribution is 5.99. The van der Waals surface area contributed by atoms with Crippen LogP contribution in [0, 0.1) is 5.92 Å². The van der Waals surface area contributed by atoms with Crippen LogP contribution in [-0.4, -0.2) is 49.0 Å². The Morgan fingerprint density at radius 3 is 2.50 bits per heavy atom. The van der Waals surface area contributed by atoms with Crippen molar-refractivity contribution >= 4 is 17.8 Å². The third-order valence-electron chi connectivity index (χ3n) is 2.80. The average Bonchev–Trinajstić information content (AvgIpc) is 2.52. The fraction of sp³-hybridized carbons (Fsp3) is 0.750. The summed E-state index contributed by atoms with van der Waals surface area (Å²) in [5.74, 6) is -1.40. The Morgan fingerprint density at radius 2 is 1.89 bits per heavy atom. The number of likely N-dealkylation sites (tertiary alicyclic amines) is 1. The van der Waals surface area contributed by atoms with Crippen LogP contribution in [0.25, 0.3) is 0 Å². The number of amides is 1. The molecule has 102 valence electrons. The van der Waals surface area contributed by atoms with Crippen LogP contribution in [0.3, 0.4) is 0 Å². The summed E-state index contributed by atoms with van der Waals surface area (Å²) in [6.45, 7) is 4.61. The van der Waals surface area contributed by atoms with Crippen LogP contribution < -0.4 is 0 Å². The Morgan fingerprint density at radius 1 is 1.22 bits per heavy atom. The molecule has 0 N–H and O–H groups in total. The topological polar surface area (TPSA) is 72.9 Å². The second-order valence-electron chi connectivity index (χ2n) is 4.00. The molecule has 1 saturated heterocycles. The van der Waals surface area contributed by atoms with E-state index in [4.69, 9.17) is 9.47 Å². The van der Waals surface area contributed by atoms with Crippen molar-refractivity contribution in [1.29, 1.82) is 0 Å². The highest BCUT2D eigenvalue weighted by atomic mass is 16.6. The van der Waals surface area contributed by atoms with Gasteiger partial charge in [0.05, 0.1) is 13.2 Å². The van der Waals surface area contributed by atoms with Crippen LogP contribution in [0.15, 0.2) is 0 Å². The number of hydrogen-bond donors (Lipinski definition) is 0. The summed E-state index contributed by atoms with van der Waals surface area (Å²) in [7, 11) is 0. The van der Waals surface area contributed by atoms with Gasteiger partial charge >= 0.3 is 12.1 Å². The van der Waals surface area contributed by atoms with Crippen LogP contribution >= 0.6 is 0 Å². The first-order valence-electron chi connectivity index (χ1n) is 6.21. The van der Waals surface area contributed by atoms with Crippen LogP contribution in [0.2, 0.25) is 0 Å². The molecule has 0 aromatic heterocycles. The lowest BCUT2D eigenvalue weighted by atomic mass is 10.00. The number of ketones is 1. The number of hydrogen-bond acceptors (Lipinski definition) is 5.